The number of nitrogens with one attached hydrogen (secondary N) is 1. The van der Waals surface area contributed by atoms with Crippen LogP contribution >= 0.6 is 11.6 Å². The second-order valence-electron chi connectivity index (χ2n) is 5.90. The number of halogens is 2. The molecule has 0 unspecified atom stereocenters. The molecule has 1 amide bonds. The third kappa shape index (κ3) is 3.94. The molecule has 0 saturated heterocycles. The zero-order valence-corrected chi connectivity index (χ0v) is 15.0. The second kappa shape index (κ2) is 8.15. The molecule has 0 bridgehead atoms. The van der Waals surface area contributed by atoms with E-state index >= 15 is 0 Å². The lowest BCUT2D eigenvalue weighted by Crippen LogP contribution is -2.22. The lowest BCUT2D eigenvalue weighted by Gasteiger charge is -2.12. The summed E-state index contributed by atoms with van der Waals surface area (Å²) >= 11 is 6.20. The van der Waals surface area contributed by atoms with Crippen LogP contribution in [0.25, 0.3) is 11.0 Å². The summed E-state index contributed by atoms with van der Waals surface area (Å²) in [5, 5.41) is 3.14. The SMILES string of the molecule is C=CC(=O)NCCCc1nc2ccccc2n1Cc1c(F)cccc1Cl. The maximum absolute atomic E-state index is 14.2. The second-order valence-corrected chi connectivity index (χ2v) is 6.31. The Bertz CT molecular complexity index is 931. The summed E-state index contributed by atoms with van der Waals surface area (Å²) in [6.07, 6.45) is 2.61. The Kier molecular flexibility index (Phi) is 5.68. The molecule has 6 heteroatoms. The minimum absolute atomic E-state index is 0.198. The number of carbonyl (C=O) groups excluding carboxylic acids is 1. The van der Waals surface area contributed by atoms with Gasteiger partial charge in [0.1, 0.15) is 11.6 Å². The zero-order valence-electron chi connectivity index (χ0n) is 14.2. The van der Waals surface area contributed by atoms with Gasteiger partial charge in [-0.1, -0.05) is 36.4 Å². The Morgan fingerprint density at radius 3 is 2.85 bits per heavy atom. The number of carbonyl (C=O) groups is 1. The van der Waals surface area contributed by atoms with Crippen molar-refractivity contribution in [3.8, 4) is 0 Å². The van der Waals surface area contributed by atoms with Crippen LogP contribution in [0.15, 0.2) is 55.1 Å². The van der Waals surface area contributed by atoms with Crippen molar-refractivity contribution in [1.82, 2.24) is 14.9 Å². The molecular formula is C20H19ClFN3O. The Labute approximate surface area is 156 Å². The van der Waals surface area contributed by atoms with Gasteiger partial charge in [-0.25, -0.2) is 9.37 Å². The number of aromatic nitrogens is 2. The Hall–Kier alpha value is -2.66. The Morgan fingerprint density at radius 2 is 2.08 bits per heavy atom. The molecular weight excluding hydrogens is 353 g/mol. The van der Waals surface area contributed by atoms with E-state index in [9.17, 15) is 9.18 Å². The fourth-order valence-electron chi connectivity index (χ4n) is 2.86. The average molecular weight is 372 g/mol. The number of nitrogens with zero attached hydrogens (tertiary/aromatic N) is 2. The van der Waals surface area contributed by atoms with Crippen LogP contribution in [-0.2, 0) is 17.8 Å². The number of para-hydroxylation sites is 2. The fourth-order valence-corrected chi connectivity index (χ4v) is 3.09. The molecule has 0 aliphatic rings. The first-order valence-corrected chi connectivity index (χ1v) is 8.75. The molecule has 0 atom stereocenters. The van der Waals surface area contributed by atoms with Gasteiger partial charge in [0, 0.05) is 23.6 Å². The highest BCUT2D eigenvalue weighted by molar-refractivity contribution is 6.31. The largest absolute Gasteiger partial charge is 0.353 e. The number of fused-ring (bicyclic) bond motifs is 1. The third-order valence-corrected chi connectivity index (χ3v) is 4.53. The van der Waals surface area contributed by atoms with Crippen molar-refractivity contribution in [2.24, 2.45) is 0 Å². The summed E-state index contributed by atoms with van der Waals surface area (Å²) in [5.74, 6) is 0.300. The number of hydrogen-bond acceptors (Lipinski definition) is 2. The van der Waals surface area contributed by atoms with Gasteiger partial charge in [0.25, 0.3) is 0 Å². The van der Waals surface area contributed by atoms with Crippen LogP contribution in [0.3, 0.4) is 0 Å². The van der Waals surface area contributed by atoms with Gasteiger partial charge in [0.05, 0.1) is 17.6 Å². The minimum atomic E-state index is -0.334. The summed E-state index contributed by atoms with van der Waals surface area (Å²) < 4.78 is 16.2. The maximum Gasteiger partial charge on any atom is 0.243 e. The third-order valence-electron chi connectivity index (χ3n) is 4.17. The fraction of sp³-hybridized carbons (Fsp3) is 0.200. The van der Waals surface area contributed by atoms with Gasteiger partial charge in [-0.05, 0) is 36.8 Å². The van der Waals surface area contributed by atoms with Crippen LogP contribution < -0.4 is 5.32 Å². The molecule has 1 N–H and O–H groups in total. The first kappa shape index (κ1) is 18.1. The van der Waals surface area contributed by atoms with Crippen LogP contribution in [0, 0.1) is 5.82 Å². The maximum atomic E-state index is 14.2. The van der Waals surface area contributed by atoms with Gasteiger partial charge in [0.2, 0.25) is 5.91 Å². The number of aryl methyl sites for hydroxylation is 1. The van der Waals surface area contributed by atoms with Gasteiger partial charge in [-0.2, -0.15) is 0 Å². The average Bonchev–Trinajstić information content (AvgIpc) is 2.99. The first-order valence-electron chi connectivity index (χ1n) is 8.37. The van der Waals surface area contributed by atoms with Crippen molar-refractivity contribution in [1.29, 1.82) is 0 Å². The topological polar surface area (TPSA) is 46.9 Å². The molecule has 0 fully saturated rings. The lowest BCUT2D eigenvalue weighted by atomic mass is 10.2. The molecule has 1 aromatic heterocycles. The minimum Gasteiger partial charge on any atom is -0.353 e. The quantitative estimate of drug-likeness (QED) is 0.502. The van der Waals surface area contributed by atoms with Crippen molar-refractivity contribution in [3.63, 3.8) is 0 Å². The van der Waals surface area contributed by atoms with E-state index in [0.29, 0.717) is 36.5 Å². The van der Waals surface area contributed by atoms with Crippen molar-refractivity contribution in [2.75, 3.05) is 6.54 Å². The highest BCUT2D eigenvalue weighted by Gasteiger charge is 2.14. The Balaban J connectivity index is 1.87. The van der Waals surface area contributed by atoms with E-state index in [0.717, 1.165) is 16.9 Å². The van der Waals surface area contributed by atoms with Gasteiger partial charge in [0.15, 0.2) is 0 Å². The molecule has 2 aromatic carbocycles. The van der Waals surface area contributed by atoms with Crippen molar-refractivity contribution < 1.29 is 9.18 Å². The predicted molar refractivity (Wildman–Crippen MR) is 102 cm³/mol. The van der Waals surface area contributed by atoms with Gasteiger partial charge < -0.3 is 9.88 Å². The van der Waals surface area contributed by atoms with Crippen molar-refractivity contribution in [3.05, 3.63) is 77.3 Å². The summed E-state index contributed by atoms with van der Waals surface area (Å²) in [4.78, 5) is 15.9. The smallest absolute Gasteiger partial charge is 0.243 e. The molecule has 0 aliphatic carbocycles. The number of hydrogen-bond donors (Lipinski definition) is 1. The molecule has 134 valence electrons. The number of rotatable bonds is 7. The van der Waals surface area contributed by atoms with Crippen molar-refractivity contribution in [2.45, 2.75) is 19.4 Å². The summed E-state index contributed by atoms with van der Waals surface area (Å²) in [6, 6.07) is 12.4. The number of amides is 1. The highest BCUT2D eigenvalue weighted by atomic mass is 35.5. The van der Waals surface area contributed by atoms with E-state index in [-0.39, 0.29) is 11.7 Å². The zero-order chi connectivity index (χ0) is 18.5. The molecule has 3 rings (SSSR count). The van der Waals surface area contributed by atoms with Gasteiger partial charge in [-0.15, -0.1) is 0 Å². The molecule has 26 heavy (non-hydrogen) atoms. The monoisotopic (exact) mass is 371 g/mol. The summed E-state index contributed by atoms with van der Waals surface area (Å²) in [5.41, 5.74) is 2.22. The molecule has 0 saturated carbocycles. The van der Waals surface area contributed by atoms with Crippen molar-refractivity contribution >= 4 is 28.5 Å². The molecule has 0 spiro atoms. The molecule has 0 aliphatic heterocycles. The highest BCUT2D eigenvalue weighted by Crippen LogP contribution is 2.24. The summed E-state index contributed by atoms with van der Waals surface area (Å²) in [6.45, 7) is 4.26. The molecule has 1 heterocycles. The lowest BCUT2D eigenvalue weighted by molar-refractivity contribution is -0.116. The van der Waals surface area contributed by atoms with E-state index in [4.69, 9.17) is 11.6 Å². The number of imidazole rings is 1. The van der Waals surface area contributed by atoms with E-state index < -0.39 is 0 Å². The molecule has 4 nitrogen and oxygen atoms in total. The van der Waals surface area contributed by atoms with Crippen LogP contribution in [0.2, 0.25) is 5.02 Å². The standard InChI is InChI=1S/C20H19ClFN3O/c1-2-20(26)23-12-6-11-19-24-17-9-3-4-10-18(17)25(19)13-14-15(21)7-5-8-16(14)22/h2-5,7-10H,1,6,11-13H2,(H,23,26). The van der Waals surface area contributed by atoms with E-state index in [1.165, 1.54) is 12.1 Å². The molecule has 0 radical (unpaired) electrons. The van der Waals surface area contributed by atoms with Crippen LogP contribution in [0.5, 0.6) is 0 Å². The first-order chi connectivity index (χ1) is 12.6. The van der Waals surface area contributed by atoms with Gasteiger partial charge in [-0.3, -0.25) is 4.79 Å². The Morgan fingerprint density at radius 1 is 1.27 bits per heavy atom. The molecule has 3 aromatic rings. The number of benzene rings is 2. The van der Waals surface area contributed by atoms with Crippen LogP contribution in [0.1, 0.15) is 17.8 Å². The normalized spacial score (nSPS) is 10.8. The predicted octanol–water partition coefficient (Wildman–Crippen LogP) is 4.11. The van der Waals surface area contributed by atoms with Crippen LogP contribution in [0.4, 0.5) is 4.39 Å². The van der Waals surface area contributed by atoms with Crippen LogP contribution in [-0.4, -0.2) is 22.0 Å². The van der Waals surface area contributed by atoms with E-state index in [2.05, 4.69) is 16.9 Å². The summed E-state index contributed by atoms with van der Waals surface area (Å²) in [7, 11) is 0. The van der Waals surface area contributed by atoms with Gasteiger partial charge >= 0.3 is 0 Å². The van der Waals surface area contributed by atoms with E-state index in [1.54, 1.807) is 12.1 Å². The van der Waals surface area contributed by atoms with E-state index in [1.807, 2.05) is 28.8 Å².